The first kappa shape index (κ1) is 22.9. The standard InChI is InChI=1S/C23H30F2N4O2S/c1-3-31-21-13-20(26-27-21)18-12-17(16-4-6-19(7-5-16)23(2,24)25)14-29(15-18)22(30)28-8-10-32-11-9-28/h4-7,13,17-18H,3,8-12,14-15H2,1-2H3,(H,26,27). The van der Waals surface area contributed by atoms with E-state index in [0.717, 1.165) is 49.2 Å². The molecule has 1 aromatic heterocycles. The molecule has 2 fully saturated rings. The van der Waals surface area contributed by atoms with Gasteiger partial charge in [-0.2, -0.15) is 11.8 Å². The van der Waals surface area contributed by atoms with Crippen LogP contribution in [0.2, 0.25) is 0 Å². The third-order valence-electron chi connectivity index (χ3n) is 6.20. The zero-order valence-electron chi connectivity index (χ0n) is 18.5. The van der Waals surface area contributed by atoms with Crippen molar-refractivity contribution in [1.29, 1.82) is 0 Å². The molecule has 2 unspecified atom stereocenters. The Balaban J connectivity index is 1.57. The second kappa shape index (κ2) is 9.68. The fourth-order valence-corrected chi connectivity index (χ4v) is 5.38. The van der Waals surface area contributed by atoms with Crippen molar-refractivity contribution in [3.05, 3.63) is 47.2 Å². The number of piperidine rings is 1. The summed E-state index contributed by atoms with van der Waals surface area (Å²) in [6.45, 7) is 6.03. The van der Waals surface area contributed by atoms with E-state index in [0.29, 0.717) is 25.6 Å². The molecule has 0 spiro atoms. The number of nitrogens with zero attached hydrogens (tertiary/aromatic N) is 3. The van der Waals surface area contributed by atoms with Gasteiger partial charge in [-0.25, -0.2) is 13.6 Å². The lowest BCUT2D eigenvalue weighted by Crippen LogP contribution is -2.51. The van der Waals surface area contributed by atoms with E-state index in [1.54, 1.807) is 12.1 Å². The summed E-state index contributed by atoms with van der Waals surface area (Å²) >= 11 is 1.87. The Hall–Kier alpha value is -2.29. The lowest BCUT2D eigenvalue weighted by Gasteiger charge is -2.41. The molecule has 0 saturated carbocycles. The van der Waals surface area contributed by atoms with E-state index in [1.807, 2.05) is 34.6 Å². The van der Waals surface area contributed by atoms with E-state index in [-0.39, 0.29) is 23.4 Å². The first-order valence-electron chi connectivity index (χ1n) is 11.1. The van der Waals surface area contributed by atoms with Crippen LogP contribution in [0, 0.1) is 0 Å². The summed E-state index contributed by atoms with van der Waals surface area (Å²) in [5.41, 5.74) is 1.91. The minimum Gasteiger partial charge on any atom is -0.477 e. The molecule has 0 bridgehead atoms. The van der Waals surface area contributed by atoms with Crippen LogP contribution in [0.1, 0.15) is 48.9 Å². The zero-order chi connectivity index (χ0) is 22.7. The van der Waals surface area contributed by atoms with E-state index in [2.05, 4.69) is 10.2 Å². The van der Waals surface area contributed by atoms with Crippen molar-refractivity contribution in [1.82, 2.24) is 20.0 Å². The van der Waals surface area contributed by atoms with Crippen LogP contribution in [0.4, 0.5) is 13.6 Å². The Morgan fingerprint density at radius 3 is 2.53 bits per heavy atom. The summed E-state index contributed by atoms with van der Waals surface area (Å²) < 4.78 is 32.8. The van der Waals surface area contributed by atoms with E-state index in [9.17, 15) is 13.6 Å². The number of ether oxygens (including phenoxy) is 1. The number of nitrogens with one attached hydrogen (secondary N) is 1. The normalized spacial score (nSPS) is 22.1. The Morgan fingerprint density at radius 1 is 1.19 bits per heavy atom. The van der Waals surface area contributed by atoms with Gasteiger partial charge in [0.1, 0.15) is 0 Å². The van der Waals surface area contributed by atoms with Gasteiger partial charge in [0.25, 0.3) is 5.92 Å². The number of rotatable bonds is 5. The van der Waals surface area contributed by atoms with Crippen molar-refractivity contribution < 1.29 is 18.3 Å². The number of aromatic nitrogens is 2. The zero-order valence-corrected chi connectivity index (χ0v) is 19.3. The molecule has 2 aliphatic rings. The van der Waals surface area contributed by atoms with Crippen LogP contribution in [0.5, 0.6) is 5.88 Å². The van der Waals surface area contributed by atoms with Crippen molar-refractivity contribution in [2.45, 2.75) is 38.0 Å². The number of hydrogen-bond acceptors (Lipinski definition) is 4. The van der Waals surface area contributed by atoms with Gasteiger partial charge in [0, 0.05) is 73.8 Å². The number of alkyl halides is 2. The number of hydrogen-bond donors (Lipinski definition) is 1. The highest BCUT2D eigenvalue weighted by Crippen LogP contribution is 2.37. The smallest absolute Gasteiger partial charge is 0.320 e. The maximum Gasteiger partial charge on any atom is 0.320 e. The lowest BCUT2D eigenvalue weighted by molar-refractivity contribution is 0.0174. The number of carbonyl (C=O) groups excluding carboxylic acids is 1. The molecule has 6 nitrogen and oxygen atoms in total. The number of aromatic amines is 1. The summed E-state index contributed by atoms with van der Waals surface area (Å²) in [6.07, 6.45) is 0.801. The summed E-state index contributed by atoms with van der Waals surface area (Å²) in [5.74, 6) is -0.298. The molecule has 1 aromatic carbocycles. The van der Waals surface area contributed by atoms with Crippen molar-refractivity contribution >= 4 is 17.8 Å². The van der Waals surface area contributed by atoms with Crippen LogP contribution in [0.15, 0.2) is 30.3 Å². The highest BCUT2D eigenvalue weighted by molar-refractivity contribution is 7.99. The topological polar surface area (TPSA) is 61.5 Å². The van der Waals surface area contributed by atoms with Gasteiger partial charge in [0.05, 0.1) is 6.61 Å². The number of likely N-dealkylation sites (tertiary alicyclic amines) is 1. The number of thioether (sulfide) groups is 1. The van der Waals surface area contributed by atoms with E-state index < -0.39 is 5.92 Å². The second-order valence-electron chi connectivity index (χ2n) is 8.52. The van der Waals surface area contributed by atoms with Crippen molar-refractivity contribution in [3.8, 4) is 5.88 Å². The molecule has 3 heterocycles. The molecule has 1 N–H and O–H groups in total. The molecule has 2 saturated heterocycles. The predicted molar refractivity (Wildman–Crippen MR) is 122 cm³/mol. The summed E-state index contributed by atoms with van der Waals surface area (Å²) in [4.78, 5) is 17.1. The van der Waals surface area contributed by atoms with Crippen LogP contribution in [0.25, 0.3) is 0 Å². The van der Waals surface area contributed by atoms with Crippen LogP contribution >= 0.6 is 11.8 Å². The maximum absolute atomic E-state index is 13.7. The van der Waals surface area contributed by atoms with Gasteiger partial charge >= 0.3 is 6.03 Å². The average molecular weight is 465 g/mol. The molecule has 0 aliphatic carbocycles. The second-order valence-corrected chi connectivity index (χ2v) is 9.75. The molecule has 9 heteroatoms. The van der Waals surface area contributed by atoms with Gasteiger partial charge < -0.3 is 14.5 Å². The first-order valence-corrected chi connectivity index (χ1v) is 12.3. The summed E-state index contributed by atoms with van der Waals surface area (Å²) in [7, 11) is 0. The highest BCUT2D eigenvalue weighted by atomic mass is 32.2. The van der Waals surface area contributed by atoms with Gasteiger partial charge in [0.15, 0.2) is 0 Å². The quantitative estimate of drug-likeness (QED) is 0.699. The maximum atomic E-state index is 13.7. The van der Waals surface area contributed by atoms with Crippen molar-refractivity contribution in [2.75, 3.05) is 44.3 Å². The largest absolute Gasteiger partial charge is 0.477 e. The molecular formula is C23H30F2N4O2S. The molecule has 2 aromatic rings. The number of amides is 2. The predicted octanol–water partition coefficient (Wildman–Crippen LogP) is 4.66. The Kier molecular flexibility index (Phi) is 6.93. The number of H-pyrrole nitrogens is 1. The third kappa shape index (κ3) is 5.19. The molecule has 32 heavy (non-hydrogen) atoms. The Labute approximate surface area is 191 Å². The molecule has 2 amide bonds. The van der Waals surface area contributed by atoms with Gasteiger partial charge in [-0.15, -0.1) is 5.10 Å². The Bertz CT molecular complexity index is 909. The third-order valence-corrected chi connectivity index (χ3v) is 7.14. The average Bonchev–Trinajstić information content (AvgIpc) is 3.27. The Morgan fingerprint density at radius 2 is 1.88 bits per heavy atom. The molecular weight excluding hydrogens is 434 g/mol. The van der Waals surface area contributed by atoms with Gasteiger partial charge in [-0.3, -0.25) is 5.10 Å². The van der Waals surface area contributed by atoms with Crippen molar-refractivity contribution in [3.63, 3.8) is 0 Å². The van der Waals surface area contributed by atoms with Gasteiger partial charge in [-0.1, -0.05) is 24.3 Å². The first-order chi connectivity index (χ1) is 15.3. The van der Waals surface area contributed by atoms with Gasteiger partial charge in [0.2, 0.25) is 5.88 Å². The lowest BCUT2D eigenvalue weighted by atomic mass is 9.82. The van der Waals surface area contributed by atoms with Gasteiger partial charge in [-0.05, 0) is 18.9 Å². The molecule has 2 aliphatic heterocycles. The summed E-state index contributed by atoms with van der Waals surface area (Å²) in [5, 5.41) is 7.30. The van der Waals surface area contributed by atoms with E-state index in [4.69, 9.17) is 4.74 Å². The summed E-state index contributed by atoms with van der Waals surface area (Å²) in [6, 6.07) is 8.50. The minimum atomic E-state index is -2.87. The number of halogens is 2. The highest BCUT2D eigenvalue weighted by Gasteiger charge is 2.35. The number of benzene rings is 1. The molecule has 4 rings (SSSR count). The fraction of sp³-hybridized carbons (Fsp3) is 0.565. The number of carbonyl (C=O) groups is 1. The van der Waals surface area contributed by atoms with Crippen molar-refractivity contribution in [2.24, 2.45) is 0 Å². The molecule has 174 valence electrons. The minimum absolute atomic E-state index is 0.00211. The fourth-order valence-electron chi connectivity index (χ4n) is 4.47. The van der Waals surface area contributed by atoms with E-state index >= 15 is 0 Å². The van der Waals surface area contributed by atoms with Crippen LogP contribution in [0.3, 0.4) is 0 Å². The van der Waals surface area contributed by atoms with Crippen LogP contribution in [-0.2, 0) is 5.92 Å². The van der Waals surface area contributed by atoms with Crippen LogP contribution < -0.4 is 4.74 Å². The van der Waals surface area contributed by atoms with Crippen LogP contribution in [-0.4, -0.2) is 70.3 Å². The monoisotopic (exact) mass is 464 g/mol. The molecule has 0 radical (unpaired) electrons. The SMILES string of the molecule is CCOc1cc(C2CC(c3ccc(C(C)(F)F)cc3)CN(C(=O)N3CCSCC3)C2)[nH]n1. The molecule has 2 atom stereocenters. The van der Waals surface area contributed by atoms with E-state index in [1.165, 1.54) is 12.1 Å². The number of urea groups is 1.